The minimum absolute atomic E-state index is 0.00160. The number of carbonyl (C=O) groups is 3. The zero-order valence-corrected chi connectivity index (χ0v) is 18.8. The van der Waals surface area contributed by atoms with Crippen molar-refractivity contribution in [3.8, 4) is 5.75 Å². The Kier molecular flexibility index (Phi) is 7.15. The molecule has 0 atom stereocenters. The van der Waals surface area contributed by atoms with E-state index in [1.54, 1.807) is 45.2 Å². The van der Waals surface area contributed by atoms with Gasteiger partial charge in [-0.3, -0.25) is 14.2 Å². The van der Waals surface area contributed by atoms with E-state index in [0.29, 0.717) is 22.2 Å². The standard InChI is InChI=1S/C23H29NO7/c1-8-11-23(19(25)29-6,20(26)30-7)13-15-14-24(21(27)31-22(2,3)4)18-12-16(28-5)9-10-17(15)18/h8-10,12,14H,1,11,13H2,2-7H3. The Balaban J connectivity index is 2.70. The molecule has 1 aromatic carbocycles. The van der Waals surface area contributed by atoms with E-state index < -0.39 is 29.0 Å². The van der Waals surface area contributed by atoms with Crippen LogP contribution in [0.4, 0.5) is 4.79 Å². The number of nitrogens with zero attached hydrogens (tertiary/aromatic N) is 1. The van der Waals surface area contributed by atoms with Crippen LogP contribution in [0.3, 0.4) is 0 Å². The number of ether oxygens (including phenoxy) is 4. The van der Waals surface area contributed by atoms with Gasteiger partial charge in [-0.2, -0.15) is 0 Å². The molecule has 1 heterocycles. The second-order valence-corrected chi connectivity index (χ2v) is 8.12. The van der Waals surface area contributed by atoms with Gasteiger partial charge in [-0.15, -0.1) is 6.58 Å². The molecule has 0 unspecified atom stereocenters. The highest BCUT2D eigenvalue weighted by Gasteiger charge is 2.48. The Bertz CT molecular complexity index is 981. The number of rotatable bonds is 7. The first kappa shape index (κ1) is 24.0. The quantitative estimate of drug-likeness (QED) is 0.284. The van der Waals surface area contributed by atoms with Crippen molar-refractivity contribution in [2.75, 3.05) is 21.3 Å². The van der Waals surface area contributed by atoms with Gasteiger partial charge >= 0.3 is 18.0 Å². The molecule has 8 heteroatoms. The monoisotopic (exact) mass is 431 g/mol. The number of aromatic nitrogens is 1. The molecule has 0 aliphatic rings. The summed E-state index contributed by atoms with van der Waals surface area (Å²) in [5.74, 6) is -0.947. The summed E-state index contributed by atoms with van der Waals surface area (Å²) in [6.07, 6.45) is 2.37. The lowest BCUT2D eigenvalue weighted by molar-refractivity contribution is -0.168. The number of carbonyl (C=O) groups excluding carboxylic acids is 3. The summed E-state index contributed by atoms with van der Waals surface area (Å²) in [7, 11) is 3.93. The minimum atomic E-state index is -1.64. The van der Waals surface area contributed by atoms with Crippen molar-refractivity contribution in [2.45, 2.75) is 39.2 Å². The van der Waals surface area contributed by atoms with Gasteiger partial charge in [0.15, 0.2) is 5.41 Å². The van der Waals surface area contributed by atoms with Crippen LogP contribution in [0.2, 0.25) is 0 Å². The Morgan fingerprint density at radius 3 is 2.16 bits per heavy atom. The molecule has 0 amide bonds. The predicted octanol–water partition coefficient (Wildman–Crippen LogP) is 3.88. The third-order valence-electron chi connectivity index (χ3n) is 4.82. The van der Waals surface area contributed by atoms with E-state index in [2.05, 4.69) is 6.58 Å². The summed E-state index contributed by atoms with van der Waals surface area (Å²) in [6, 6.07) is 5.18. The van der Waals surface area contributed by atoms with Crippen molar-refractivity contribution in [3.05, 3.63) is 42.6 Å². The van der Waals surface area contributed by atoms with Gasteiger partial charge in [0.25, 0.3) is 0 Å². The Hall–Kier alpha value is -3.29. The summed E-state index contributed by atoms with van der Waals surface area (Å²) < 4.78 is 22.0. The number of hydrogen-bond acceptors (Lipinski definition) is 7. The highest BCUT2D eigenvalue weighted by Crippen LogP contribution is 2.36. The van der Waals surface area contributed by atoms with Gasteiger partial charge < -0.3 is 18.9 Å². The summed E-state index contributed by atoms with van der Waals surface area (Å²) in [5.41, 5.74) is -1.26. The zero-order chi connectivity index (χ0) is 23.4. The lowest BCUT2D eigenvalue weighted by atomic mass is 9.78. The minimum Gasteiger partial charge on any atom is -0.497 e. The van der Waals surface area contributed by atoms with Gasteiger partial charge in [-0.05, 0) is 44.9 Å². The van der Waals surface area contributed by atoms with Crippen LogP contribution in [0.15, 0.2) is 37.1 Å². The molecule has 0 fully saturated rings. The molecule has 31 heavy (non-hydrogen) atoms. The maximum absolute atomic E-state index is 12.9. The molecule has 0 saturated heterocycles. The van der Waals surface area contributed by atoms with Crippen LogP contribution in [-0.2, 0) is 30.2 Å². The average Bonchev–Trinajstić information content (AvgIpc) is 3.08. The van der Waals surface area contributed by atoms with Crippen LogP contribution in [0, 0.1) is 5.41 Å². The first-order valence-corrected chi connectivity index (χ1v) is 9.72. The SMILES string of the molecule is C=CCC(Cc1cn(C(=O)OC(C)(C)C)c2cc(OC)ccc12)(C(=O)OC)C(=O)OC. The molecular formula is C23H29NO7. The lowest BCUT2D eigenvalue weighted by Gasteiger charge is -2.26. The smallest absolute Gasteiger partial charge is 0.419 e. The number of fused-ring (bicyclic) bond motifs is 1. The largest absolute Gasteiger partial charge is 0.497 e. The van der Waals surface area contributed by atoms with E-state index in [1.165, 1.54) is 32.0 Å². The molecule has 168 valence electrons. The van der Waals surface area contributed by atoms with Gasteiger partial charge in [0.05, 0.1) is 26.8 Å². The molecule has 0 N–H and O–H groups in total. The van der Waals surface area contributed by atoms with Crippen LogP contribution < -0.4 is 4.74 Å². The number of benzene rings is 1. The summed E-state index contributed by atoms with van der Waals surface area (Å²) >= 11 is 0. The molecule has 0 aliphatic heterocycles. The summed E-state index contributed by atoms with van der Waals surface area (Å²) in [5, 5.41) is 0.660. The van der Waals surface area contributed by atoms with E-state index in [-0.39, 0.29) is 12.8 Å². The number of esters is 2. The zero-order valence-electron chi connectivity index (χ0n) is 18.8. The summed E-state index contributed by atoms with van der Waals surface area (Å²) in [4.78, 5) is 38.3. The van der Waals surface area contributed by atoms with Crippen molar-refractivity contribution in [1.29, 1.82) is 0 Å². The molecule has 8 nitrogen and oxygen atoms in total. The van der Waals surface area contributed by atoms with Crippen LogP contribution in [0.1, 0.15) is 32.8 Å². The molecule has 0 spiro atoms. The van der Waals surface area contributed by atoms with E-state index in [9.17, 15) is 14.4 Å². The fourth-order valence-electron chi connectivity index (χ4n) is 3.44. The first-order valence-electron chi connectivity index (χ1n) is 9.72. The maximum Gasteiger partial charge on any atom is 0.419 e. The topological polar surface area (TPSA) is 93.1 Å². The van der Waals surface area contributed by atoms with Crippen LogP contribution in [-0.4, -0.2) is 49.5 Å². The molecule has 2 rings (SSSR count). The molecule has 0 saturated carbocycles. The number of methoxy groups -OCH3 is 3. The van der Waals surface area contributed by atoms with Gasteiger partial charge in [-0.25, -0.2) is 4.79 Å². The van der Waals surface area contributed by atoms with Gasteiger partial charge in [0.2, 0.25) is 0 Å². The Labute approximate surface area is 181 Å². The van der Waals surface area contributed by atoms with Gasteiger partial charge in [0, 0.05) is 24.1 Å². The molecule has 0 bridgehead atoms. The van der Waals surface area contributed by atoms with Crippen molar-refractivity contribution in [2.24, 2.45) is 5.41 Å². The van der Waals surface area contributed by atoms with Gasteiger partial charge in [-0.1, -0.05) is 6.08 Å². The van der Waals surface area contributed by atoms with E-state index in [1.807, 2.05) is 0 Å². The molecular weight excluding hydrogens is 402 g/mol. The predicted molar refractivity (Wildman–Crippen MR) is 115 cm³/mol. The van der Waals surface area contributed by atoms with E-state index in [0.717, 1.165) is 0 Å². The fourth-order valence-corrected chi connectivity index (χ4v) is 3.44. The first-order chi connectivity index (χ1) is 14.5. The Morgan fingerprint density at radius 2 is 1.68 bits per heavy atom. The van der Waals surface area contributed by atoms with E-state index >= 15 is 0 Å². The normalized spacial score (nSPS) is 11.7. The van der Waals surface area contributed by atoms with Crippen molar-refractivity contribution in [3.63, 3.8) is 0 Å². The van der Waals surface area contributed by atoms with Gasteiger partial charge in [0.1, 0.15) is 11.4 Å². The van der Waals surface area contributed by atoms with Crippen LogP contribution in [0.5, 0.6) is 5.75 Å². The molecule has 1 aromatic heterocycles. The van der Waals surface area contributed by atoms with Crippen LogP contribution in [0.25, 0.3) is 10.9 Å². The average molecular weight is 431 g/mol. The Morgan fingerprint density at radius 1 is 1.06 bits per heavy atom. The lowest BCUT2D eigenvalue weighted by Crippen LogP contribution is -2.42. The summed E-state index contributed by atoms with van der Waals surface area (Å²) in [6.45, 7) is 8.96. The second kappa shape index (κ2) is 9.24. The number of hydrogen-bond donors (Lipinski definition) is 0. The third-order valence-corrected chi connectivity index (χ3v) is 4.82. The molecule has 0 aliphatic carbocycles. The fraction of sp³-hybridized carbons (Fsp3) is 0.435. The highest BCUT2D eigenvalue weighted by molar-refractivity contribution is 6.01. The van der Waals surface area contributed by atoms with E-state index in [4.69, 9.17) is 18.9 Å². The maximum atomic E-state index is 12.9. The van der Waals surface area contributed by atoms with Crippen molar-refractivity contribution >= 4 is 28.9 Å². The number of allylic oxidation sites excluding steroid dienone is 1. The van der Waals surface area contributed by atoms with Crippen LogP contribution >= 0.6 is 0 Å². The molecule has 0 radical (unpaired) electrons. The third kappa shape index (κ3) is 4.90. The van der Waals surface area contributed by atoms with Crippen molar-refractivity contribution in [1.82, 2.24) is 4.57 Å². The second-order valence-electron chi connectivity index (χ2n) is 8.12. The highest BCUT2D eigenvalue weighted by atomic mass is 16.6. The molecule has 2 aromatic rings. The van der Waals surface area contributed by atoms with Crippen molar-refractivity contribution < 1.29 is 33.3 Å².